The summed E-state index contributed by atoms with van der Waals surface area (Å²) in [4.78, 5) is 2.53. The maximum Gasteiger partial charge on any atom is 0.141 e. The van der Waals surface area contributed by atoms with Crippen molar-refractivity contribution in [1.82, 2.24) is 4.90 Å². The van der Waals surface area contributed by atoms with Gasteiger partial charge in [-0.3, -0.25) is 0 Å². The standard InChI is InChI=1S/C16H22ClFN2/c1-20-12-3-4-13(20)9-11(8-12)16(19)7-10-2-5-15(18)14(17)6-10/h2,5-6,11-13,16H,3-4,7-9,19H2,1H3. The normalized spacial score (nSPS) is 31.5. The van der Waals surface area contributed by atoms with Crippen LogP contribution in [0.3, 0.4) is 0 Å². The Morgan fingerprint density at radius 1 is 1.35 bits per heavy atom. The average molecular weight is 297 g/mol. The molecule has 3 atom stereocenters. The molecule has 20 heavy (non-hydrogen) atoms. The van der Waals surface area contributed by atoms with Gasteiger partial charge in [0.05, 0.1) is 5.02 Å². The van der Waals surface area contributed by atoms with Crippen LogP contribution in [0.25, 0.3) is 0 Å². The molecule has 1 aromatic carbocycles. The van der Waals surface area contributed by atoms with Gasteiger partial charge in [0.1, 0.15) is 5.82 Å². The Kier molecular flexibility index (Phi) is 4.02. The van der Waals surface area contributed by atoms with Crippen LogP contribution in [0.2, 0.25) is 5.02 Å². The van der Waals surface area contributed by atoms with Crippen molar-refractivity contribution >= 4 is 11.6 Å². The van der Waals surface area contributed by atoms with Crippen LogP contribution in [0, 0.1) is 11.7 Å². The van der Waals surface area contributed by atoms with Gasteiger partial charge in [-0.25, -0.2) is 4.39 Å². The lowest BCUT2D eigenvalue weighted by molar-refractivity contribution is 0.120. The summed E-state index contributed by atoms with van der Waals surface area (Å²) >= 11 is 5.84. The molecule has 2 aliphatic rings. The largest absolute Gasteiger partial charge is 0.327 e. The van der Waals surface area contributed by atoms with Crippen LogP contribution in [0.15, 0.2) is 18.2 Å². The lowest BCUT2D eigenvalue weighted by atomic mass is 9.83. The van der Waals surface area contributed by atoms with E-state index in [9.17, 15) is 4.39 Å². The summed E-state index contributed by atoms with van der Waals surface area (Å²) in [6.07, 6.45) is 5.81. The molecule has 4 heteroatoms. The van der Waals surface area contributed by atoms with Crippen molar-refractivity contribution in [3.05, 3.63) is 34.6 Å². The van der Waals surface area contributed by atoms with Gasteiger partial charge < -0.3 is 10.6 Å². The fourth-order valence-electron chi connectivity index (χ4n) is 3.91. The third kappa shape index (κ3) is 2.72. The molecule has 0 amide bonds. The molecule has 0 aliphatic carbocycles. The predicted octanol–water partition coefficient (Wildman–Crippen LogP) is 3.22. The number of fused-ring (bicyclic) bond motifs is 2. The quantitative estimate of drug-likeness (QED) is 0.928. The maximum absolute atomic E-state index is 13.2. The number of hydrogen-bond donors (Lipinski definition) is 1. The zero-order valence-corrected chi connectivity index (χ0v) is 12.6. The Bertz CT molecular complexity index is 479. The van der Waals surface area contributed by atoms with Crippen molar-refractivity contribution < 1.29 is 4.39 Å². The SMILES string of the molecule is CN1C2CCC1CC(C(N)Cc1ccc(F)c(Cl)c1)C2. The highest BCUT2D eigenvalue weighted by atomic mass is 35.5. The fourth-order valence-corrected chi connectivity index (χ4v) is 4.11. The van der Waals surface area contributed by atoms with Gasteiger partial charge in [-0.15, -0.1) is 0 Å². The summed E-state index contributed by atoms with van der Waals surface area (Å²) in [6, 6.07) is 6.50. The van der Waals surface area contributed by atoms with Gasteiger partial charge in [0.2, 0.25) is 0 Å². The Labute approximate surface area is 125 Å². The number of piperidine rings is 1. The lowest BCUT2D eigenvalue weighted by Crippen LogP contribution is -2.46. The Hall–Kier alpha value is -0.640. The van der Waals surface area contributed by atoms with Crippen LogP contribution in [0.4, 0.5) is 4.39 Å². The van der Waals surface area contributed by atoms with E-state index in [-0.39, 0.29) is 16.9 Å². The van der Waals surface area contributed by atoms with Gasteiger partial charge >= 0.3 is 0 Å². The first-order chi connectivity index (χ1) is 9.54. The monoisotopic (exact) mass is 296 g/mol. The molecule has 0 saturated carbocycles. The molecule has 2 saturated heterocycles. The summed E-state index contributed by atoms with van der Waals surface area (Å²) in [5, 5.41) is 0.193. The van der Waals surface area contributed by atoms with E-state index in [0.29, 0.717) is 18.0 Å². The predicted molar refractivity (Wildman–Crippen MR) is 80.4 cm³/mol. The van der Waals surface area contributed by atoms with E-state index in [2.05, 4.69) is 11.9 Å². The maximum atomic E-state index is 13.2. The van der Waals surface area contributed by atoms with Gasteiger partial charge in [0.15, 0.2) is 0 Å². The number of nitrogens with zero attached hydrogens (tertiary/aromatic N) is 1. The van der Waals surface area contributed by atoms with Gasteiger partial charge in [0, 0.05) is 18.1 Å². The van der Waals surface area contributed by atoms with Gasteiger partial charge in [-0.1, -0.05) is 17.7 Å². The van der Waals surface area contributed by atoms with Crippen molar-refractivity contribution in [3.63, 3.8) is 0 Å². The lowest BCUT2D eigenvalue weighted by Gasteiger charge is -2.38. The van der Waals surface area contributed by atoms with Crippen molar-refractivity contribution in [2.45, 2.75) is 50.2 Å². The van der Waals surface area contributed by atoms with Crippen LogP contribution in [-0.4, -0.2) is 30.1 Å². The minimum atomic E-state index is -0.360. The molecule has 2 bridgehead atoms. The zero-order chi connectivity index (χ0) is 14.3. The molecule has 2 heterocycles. The van der Waals surface area contributed by atoms with Gasteiger partial charge in [-0.2, -0.15) is 0 Å². The van der Waals surface area contributed by atoms with Crippen LogP contribution in [0.1, 0.15) is 31.2 Å². The van der Waals surface area contributed by atoms with Gasteiger partial charge in [0.25, 0.3) is 0 Å². The van der Waals surface area contributed by atoms with Crippen molar-refractivity contribution in [2.75, 3.05) is 7.05 Å². The highest BCUT2D eigenvalue weighted by Crippen LogP contribution is 2.38. The summed E-state index contributed by atoms with van der Waals surface area (Å²) < 4.78 is 13.2. The Morgan fingerprint density at radius 3 is 2.60 bits per heavy atom. The highest BCUT2D eigenvalue weighted by Gasteiger charge is 2.40. The van der Waals surface area contributed by atoms with E-state index >= 15 is 0 Å². The smallest absolute Gasteiger partial charge is 0.141 e. The number of hydrogen-bond acceptors (Lipinski definition) is 2. The third-order valence-electron chi connectivity index (χ3n) is 5.20. The minimum absolute atomic E-state index is 0.147. The van der Waals surface area contributed by atoms with E-state index in [4.69, 9.17) is 17.3 Å². The summed E-state index contributed by atoms with van der Waals surface area (Å²) in [6.45, 7) is 0. The first-order valence-electron chi connectivity index (χ1n) is 7.46. The van der Waals surface area contributed by atoms with E-state index in [1.54, 1.807) is 12.1 Å². The number of rotatable bonds is 3. The van der Waals surface area contributed by atoms with Crippen LogP contribution in [0.5, 0.6) is 0 Å². The summed E-state index contributed by atoms with van der Waals surface area (Å²) in [7, 11) is 2.24. The van der Waals surface area contributed by atoms with E-state index in [1.165, 1.54) is 31.7 Å². The number of halogens is 2. The Balaban J connectivity index is 1.65. The number of benzene rings is 1. The van der Waals surface area contributed by atoms with E-state index < -0.39 is 0 Å². The fraction of sp³-hybridized carbons (Fsp3) is 0.625. The van der Waals surface area contributed by atoms with E-state index in [0.717, 1.165) is 12.0 Å². The average Bonchev–Trinajstić information content (AvgIpc) is 2.65. The minimum Gasteiger partial charge on any atom is -0.327 e. The molecule has 2 N–H and O–H groups in total. The van der Waals surface area contributed by atoms with Gasteiger partial charge in [-0.05, 0) is 62.8 Å². The number of nitrogens with two attached hydrogens (primary N) is 1. The van der Waals surface area contributed by atoms with E-state index in [1.807, 2.05) is 0 Å². The topological polar surface area (TPSA) is 29.3 Å². The first-order valence-corrected chi connectivity index (χ1v) is 7.84. The van der Waals surface area contributed by atoms with Crippen molar-refractivity contribution in [3.8, 4) is 0 Å². The van der Waals surface area contributed by atoms with Crippen molar-refractivity contribution in [1.29, 1.82) is 0 Å². The third-order valence-corrected chi connectivity index (χ3v) is 5.49. The molecule has 110 valence electrons. The van der Waals surface area contributed by atoms with Crippen LogP contribution >= 0.6 is 11.6 Å². The molecule has 3 rings (SSSR count). The molecular formula is C16H22ClFN2. The molecule has 0 spiro atoms. The molecular weight excluding hydrogens is 275 g/mol. The van der Waals surface area contributed by atoms with Crippen LogP contribution < -0.4 is 5.73 Å². The second-order valence-corrected chi connectivity index (χ2v) is 6.81. The summed E-state index contributed by atoms with van der Waals surface area (Å²) in [5.41, 5.74) is 7.45. The highest BCUT2D eigenvalue weighted by molar-refractivity contribution is 6.30. The molecule has 2 nitrogen and oxygen atoms in total. The molecule has 0 radical (unpaired) electrons. The van der Waals surface area contributed by atoms with Crippen LogP contribution in [-0.2, 0) is 6.42 Å². The molecule has 2 fully saturated rings. The second-order valence-electron chi connectivity index (χ2n) is 6.40. The molecule has 3 unspecified atom stereocenters. The first kappa shape index (κ1) is 14.3. The zero-order valence-electron chi connectivity index (χ0n) is 11.9. The molecule has 1 aromatic rings. The Morgan fingerprint density at radius 2 is 2.00 bits per heavy atom. The second kappa shape index (κ2) is 5.63. The summed E-state index contributed by atoms with van der Waals surface area (Å²) in [5.74, 6) is 0.217. The van der Waals surface area contributed by atoms with Crippen molar-refractivity contribution in [2.24, 2.45) is 11.7 Å². The molecule has 2 aliphatic heterocycles. The molecule has 0 aromatic heterocycles.